The van der Waals surface area contributed by atoms with Gasteiger partial charge in [-0.05, 0) is 69.3 Å². The van der Waals surface area contributed by atoms with Gasteiger partial charge in [-0.1, -0.05) is 13.3 Å². The van der Waals surface area contributed by atoms with Crippen LogP contribution in [0.4, 0.5) is 5.69 Å². The van der Waals surface area contributed by atoms with E-state index in [0.717, 1.165) is 63.5 Å². The van der Waals surface area contributed by atoms with Crippen LogP contribution in [-0.2, 0) is 22.6 Å². The third-order valence-corrected chi connectivity index (χ3v) is 6.46. The number of nitrogens with zero attached hydrogens (tertiary/aromatic N) is 3. The number of amides is 2. The molecule has 3 heterocycles. The first-order valence-corrected chi connectivity index (χ1v) is 11.9. The van der Waals surface area contributed by atoms with Crippen molar-refractivity contribution in [3.8, 4) is 0 Å². The molecule has 1 fully saturated rings. The van der Waals surface area contributed by atoms with Crippen LogP contribution in [0.15, 0.2) is 23.0 Å². The van der Waals surface area contributed by atoms with Crippen molar-refractivity contribution in [1.82, 2.24) is 19.8 Å². The Morgan fingerprint density at radius 2 is 2.00 bits per heavy atom. The van der Waals surface area contributed by atoms with E-state index in [9.17, 15) is 14.4 Å². The van der Waals surface area contributed by atoms with E-state index in [-0.39, 0.29) is 5.56 Å². The molecule has 0 radical (unpaired) electrons. The molecule has 1 aromatic heterocycles. The van der Waals surface area contributed by atoms with Crippen molar-refractivity contribution in [3.05, 3.63) is 34.4 Å². The van der Waals surface area contributed by atoms with Crippen molar-refractivity contribution in [2.45, 2.75) is 58.4 Å². The van der Waals surface area contributed by atoms with Crippen LogP contribution >= 0.6 is 0 Å². The number of aryl methyl sites for hydroxylation is 1. The molecule has 0 aliphatic carbocycles. The van der Waals surface area contributed by atoms with Crippen LogP contribution in [0.3, 0.4) is 0 Å². The minimum atomic E-state index is -0.723. The van der Waals surface area contributed by atoms with Crippen LogP contribution in [0.1, 0.15) is 51.3 Å². The van der Waals surface area contributed by atoms with Crippen LogP contribution in [0.5, 0.6) is 0 Å². The van der Waals surface area contributed by atoms with Gasteiger partial charge in [-0.3, -0.25) is 19.0 Å². The number of likely N-dealkylation sites (tertiary alicyclic amines) is 1. The maximum atomic E-state index is 12.9. The predicted octanol–water partition coefficient (Wildman–Crippen LogP) is 2.30. The normalized spacial score (nSPS) is 19.2. The lowest BCUT2D eigenvalue weighted by atomic mass is 10.0. The Labute approximate surface area is 188 Å². The molecule has 8 nitrogen and oxygen atoms in total. The molecule has 2 aromatic rings. The van der Waals surface area contributed by atoms with Crippen molar-refractivity contribution in [3.63, 3.8) is 0 Å². The number of nitrogens with one attached hydrogen (secondary N) is 2. The molecular weight excluding hydrogens is 406 g/mol. The zero-order chi connectivity index (χ0) is 22.5. The third kappa shape index (κ3) is 5.35. The van der Waals surface area contributed by atoms with Crippen molar-refractivity contribution in [1.29, 1.82) is 0 Å². The number of benzene rings is 1. The van der Waals surface area contributed by atoms with Crippen LogP contribution in [-0.4, -0.2) is 52.4 Å². The van der Waals surface area contributed by atoms with E-state index < -0.39 is 11.8 Å². The van der Waals surface area contributed by atoms with Crippen LogP contribution in [0.25, 0.3) is 10.9 Å². The number of hydrogen-bond acceptors (Lipinski definition) is 5. The van der Waals surface area contributed by atoms with Gasteiger partial charge in [0.1, 0.15) is 5.82 Å². The van der Waals surface area contributed by atoms with E-state index >= 15 is 0 Å². The molecule has 2 aliphatic rings. The van der Waals surface area contributed by atoms with Gasteiger partial charge in [-0.15, -0.1) is 0 Å². The topological polar surface area (TPSA) is 96.3 Å². The standard InChI is InChI=1S/C24H33N5O3/c1-17-7-5-12-28(16-17)13-6-11-25-22(30)23(31)26-18-9-10-20-19(15-18)24(32)29-14-4-2-3-8-21(29)27-20/h9-10,15,17H,2-8,11-14,16H2,1H3,(H,25,30)(H,26,31). The summed E-state index contributed by atoms with van der Waals surface area (Å²) in [5, 5.41) is 5.77. The molecule has 0 spiro atoms. The zero-order valence-corrected chi connectivity index (χ0v) is 18.9. The number of carbonyl (C=O) groups is 2. The molecule has 1 aromatic carbocycles. The molecule has 32 heavy (non-hydrogen) atoms. The average Bonchev–Trinajstić information content (AvgIpc) is 3.03. The minimum Gasteiger partial charge on any atom is -0.348 e. The van der Waals surface area contributed by atoms with E-state index in [1.807, 2.05) is 0 Å². The quantitative estimate of drug-likeness (QED) is 0.551. The van der Waals surface area contributed by atoms with E-state index in [0.29, 0.717) is 29.7 Å². The van der Waals surface area contributed by atoms with Gasteiger partial charge in [0.05, 0.1) is 10.9 Å². The fraction of sp³-hybridized carbons (Fsp3) is 0.583. The summed E-state index contributed by atoms with van der Waals surface area (Å²) >= 11 is 0. The van der Waals surface area contributed by atoms with Crippen molar-refractivity contribution < 1.29 is 9.59 Å². The lowest BCUT2D eigenvalue weighted by molar-refractivity contribution is -0.136. The Hall–Kier alpha value is -2.74. The fourth-order valence-electron chi connectivity index (χ4n) is 4.76. The van der Waals surface area contributed by atoms with E-state index in [4.69, 9.17) is 0 Å². The van der Waals surface area contributed by atoms with E-state index in [1.165, 1.54) is 12.8 Å². The number of hydrogen-bond donors (Lipinski definition) is 2. The van der Waals surface area contributed by atoms with Crippen LogP contribution < -0.4 is 16.2 Å². The molecule has 1 atom stereocenters. The molecule has 172 valence electrons. The number of carbonyl (C=O) groups excluding carboxylic acids is 2. The Morgan fingerprint density at radius 1 is 1.12 bits per heavy atom. The highest BCUT2D eigenvalue weighted by Gasteiger charge is 2.18. The number of anilines is 1. The van der Waals surface area contributed by atoms with Gasteiger partial charge in [0.15, 0.2) is 0 Å². The molecule has 1 saturated heterocycles. The van der Waals surface area contributed by atoms with Crippen LogP contribution in [0.2, 0.25) is 0 Å². The maximum Gasteiger partial charge on any atom is 0.313 e. The Bertz CT molecular complexity index is 1050. The molecule has 2 aliphatic heterocycles. The first kappa shape index (κ1) is 22.5. The van der Waals surface area contributed by atoms with Gasteiger partial charge >= 0.3 is 11.8 Å². The summed E-state index contributed by atoms with van der Waals surface area (Å²) in [6, 6.07) is 5.03. The summed E-state index contributed by atoms with van der Waals surface area (Å²) < 4.78 is 1.75. The van der Waals surface area contributed by atoms with Crippen molar-refractivity contribution in [2.75, 3.05) is 31.5 Å². The van der Waals surface area contributed by atoms with E-state index in [1.54, 1.807) is 22.8 Å². The molecule has 4 rings (SSSR count). The molecule has 0 bridgehead atoms. The number of rotatable bonds is 5. The van der Waals surface area contributed by atoms with Gasteiger partial charge in [0.25, 0.3) is 5.56 Å². The van der Waals surface area contributed by atoms with Gasteiger partial charge in [-0.2, -0.15) is 0 Å². The number of aromatic nitrogens is 2. The second-order valence-corrected chi connectivity index (χ2v) is 9.14. The van der Waals surface area contributed by atoms with E-state index in [2.05, 4.69) is 27.4 Å². The van der Waals surface area contributed by atoms with Crippen molar-refractivity contribution in [2.24, 2.45) is 5.92 Å². The first-order valence-electron chi connectivity index (χ1n) is 11.9. The summed E-state index contributed by atoms with van der Waals surface area (Å²) in [5.41, 5.74) is 0.963. The summed E-state index contributed by atoms with van der Waals surface area (Å²) in [7, 11) is 0. The maximum absolute atomic E-state index is 12.9. The van der Waals surface area contributed by atoms with Crippen LogP contribution in [0, 0.1) is 5.92 Å². The second kappa shape index (κ2) is 10.3. The largest absolute Gasteiger partial charge is 0.348 e. The summed E-state index contributed by atoms with van der Waals surface area (Å²) in [4.78, 5) is 44.5. The van der Waals surface area contributed by atoms with Gasteiger partial charge in [-0.25, -0.2) is 4.98 Å². The molecule has 2 amide bonds. The number of piperidine rings is 1. The smallest absolute Gasteiger partial charge is 0.313 e. The fourth-order valence-corrected chi connectivity index (χ4v) is 4.76. The molecule has 8 heteroatoms. The molecular formula is C24H33N5O3. The Kier molecular flexibility index (Phi) is 7.19. The predicted molar refractivity (Wildman–Crippen MR) is 125 cm³/mol. The monoisotopic (exact) mass is 439 g/mol. The lowest BCUT2D eigenvalue weighted by Crippen LogP contribution is -2.39. The Balaban J connectivity index is 1.33. The summed E-state index contributed by atoms with van der Waals surface area (Å²) in [5.74, 6) is 0.173. The first-order chi connectivity index (χ1) is 15.5. The zero-order valence-electron chi connectivity index (χ0n) is 18.9. The van der Waals surface area contributed by atoms with Gasteiger partial charge < -0.3 is 15.5 Å². The second-order valence-electron chi connectivity index (χ2n) is 9.14. The Morgan fingerprint density at radius 3 is 2.84 bits per heavy atom. The lowest BCUT2D eigenvalue weighted by Gasteiger charge is -2.30. The number of fused-ring (bicyclic) bond motifs is 2. The van der Waals surface area contributed by atoms with Crippen molar-refractivity contribution >= 4 is 28.4 Å². The molecule has 0 saturated carbocycles. The molecule has 1 unspecified atom stereocenters. The highest BCUT2D eigenvalue weighted by atomic mass is 16.2. The third-order valence-electron chi connectivity index (χ3n) is 6.46. The van der Waals surface area contributed by atoms with Gasteiger partial charge in [0, 0.05) is 31.7 Å². The highest BCUT2D eigenvalue weighted by molar-refractivity contribution is 6.39. The van der Waals surface area contributed by atoms with Gasteiger partial charge in [0.2, 0.25) is 0 Å². The highest BCUT2D eigenvalue weighted by Crippen LogP contribution is 2.18. The SMILES string of the molecule is CC1CCCN(CCCNC(=O)C(=O)Nc2ccc3nc4n(c(=O)c3c2)CCCCC4)C1. The summed E-state index contributed by atoms with van der Waals surface area (Å²) in [6.07, 6.45) is 7.23. The molecule has 2 N–H and O–H groups in total. The summed E-state index contributed by atoms with van der Waals surface area (Å²) in [6.45, 7) is 6.55. The average molecular weight is 440 g/mol. The minimum absolute atomic E-state index is 0.0838.